The Morgan fingerprint density at radius 2 is 2.00 bits per heavy atom. The summed E-state index contributed by atoms with van der Waals surface area (Å²) in [6.07, 6.45) is 4.12. The van der Waals surface area contributed by atoms with Gasteiger partial charge in [-0.1, -0.05) is 13.8 Å². The molecule has 0 aliphatic heterocycles. The van der Waals surface area contributed by atoms with Crippen LogP contribution in [-0.2, 0) is 5.54 Å². The average Bonchev–Trinajstić information content (AvgIpc) is 2.71. The number of nitrogens with zero attached hydrogens (tertiary/aromatic N) is 2. The molecule has 0 fully saturated rings. The van der Waals surface area contributed by atoms with E-state index >= 15 is 0 Å². The molecule has 2 rings (SSSR count). The Hall–Kier alpha value is -1.51. The van der Waals surface area contributed by atoms with Crippen molar-refractivity contribution in [3.63, 3.8) is 0 Å². The second-order valence-corrected chi connectivity index (χ2v) is 4.57. The van der Waals surface area contributed by atoms with E-state index in [0.29, 0.717) is 0 Å². The maximum atomic E-state index is 5.76. The summed E-state index contributed by atoms with van der Waals surface area (Å²) in [6.45, 7) is 6.70. The molecule has 16 heavy (non-hydrogen) atoms. The van der Waals surface area contributed by atoms with E-state index in [1.807, 2.05) is 18.5 Å². The van der Waals surface area contributed by atoms with E-state index in [4.69, 9.17) is 5.73 Å². The van der Waals surface area contributed by atoms with Gasteiger partial charge in [0.2, 0.25) is 0 Å². The zero-order valence-corrected chi connectivity index (χ0v) is 10.2. The van der Waals surface area contributed by atoms with Crippen LogP contribution in [0, 0.1) is 0 Å². The van der Waals surface area contributed by atoms with Gasteiger partial charge in [-0.15, -0.1) is 0 Å². The molecule has 0 saturated heterocycles. The van der Waals surface area contributed by atoms with Gasteiger partial charge in [0.25, 0.3) is 0 Å². The molecule has 1 aromatic carbocycles. The van der Waals surface area contributed by atoms with Gasteiger partial charge in [0.1, 0.15) is 0 Å². The maximum absolute atomic E-state index is 5.76. The molecule has 0 bridgehead atoms. The van der Waals surface area contributed by atoms with Crippen LogP contribution in [0.15, 0.2) is 24.5 Å². The van der Waals surface area contributed by atoms with Gasteiger partial charge in [-0.25, -0.2) is 4.98 Å². The molecule has 3 heteroatoms. The highest BCUT2D eigenvalue weighted by molar-refractivity contribution is 5.79. The van der Waals surface area contributed by atoms with Crippen molar-refractivity contribution in [2.75, 3.05) is 5.73 Å². The van der Waals surface area contributed by atoms with Gasteiger partial charge >= 0.3 is 0 Å². The molecule has 2 N–H and O–H groups in total. The van der Waals surface area contributed by atoms with Crippen molar-refractivity contribution in [2.24, 2.45) is 0 Å². The lowest BCUT2D eigenvalue weighted by molar-refractivity contribution is 0.302. The quantitative estimate of drug-likeness (QED) is 0.802. The van der Waals surface area contributed by atoms with Crippen molar-refractivity contribution < 1.29 is 0 Å². The summed E-state index contributed by atoms with van der Waals surface area (Å²) in [5.74, 6) is 0. The van der Waals surface area contributed by atoms with Crippen LogP contribution in [0.2, 0.25) is 0 Å². The molecule has 0 aliphatic rings. The van der Waals surface area contributed by atoms with Crippen molar-refractivity contribution in [2.45, 2.75) is 39.2 Å². The minimum Gasteiger partial charge on any atom is -0.399 e. The Balaban J connectivity index is 2.62. The van der Waals surface area contributed by atoms with E-state index in [1.54, 1.807) is 0 Å². The first-order valence-corrected chi connectivity index (χ1v) is 5.84. The first kappa shape index (κ1) is 11.0. The number of hydrogen-bond acceptors (Lipinski definition) is 2. The van der Waals surface area contributed by atoms with Crippen LogP contribution >= 0.6 is 0 Å². The third kappa shape index (κ3) is 1.56. The van der Waals surface area contributed by atoms with Gasteiger partial charge in [-0.3, -0.25) is 0 Å². The van der Waals surface area contributed by atoms with Crippen LogP contribution in [0.25, 0.3) is 11.0 Å². The zero-order valence-electron chi connectivity index (χ0n) is 10.2. The third-order valence-electron chi connectivity index (χ3n) is 3.68. The molecule has 0 atom stereocenters. The summed E-state index contributed by atoms with van der Waals surface area (Å²) in [7, 11) is 0. The highest BCUT2D eigenvalue weighted by Crippen LogP contribution is 2.29. The fourth-order valence-electron chi connectivity index (χ4n) is 2.05. The lowest BCUT2D eigenvalue weighted by Gasteiger charge is -2.29. The van der Waals surface area contributed by atoms with Gasteiger partial charge < -0.3 is 10.3 Å². The number of aromatic nitrogens is 2. The zero-order chi connectivity index (χ0) is 11.8. The molecule has 0 aliphatic carbocycles. The van der Waals surface area contributed by atoms with Crippen LogP contribution in [-0.4, -0.2) is 9.55 Å². The predicted molar refractivity (Wildman–Crippen MR) is 68.4 cm³/mol. The number of rotatable bonds is 3. The Morgan fingerprint density at radius 1 is 1.31 bits per heavy atom. The number of imidazole rings is 1. The lowest BCUT2D eigenvalue weighted by Crippen LogP contribution is -2.27. The van der Waals surface area contributed by atoms with Gasteiger partial charge in [0, 0.05) is 11.2 Å². The Bertz CT molecular complexity index is 495. The fourth-order valence-corrected chi connectivity index (χ4v) is 2.05. The molecule has 0 radical (unpaired) electrons. The first-order valence-electron chi connectivity index (χ1n) is 5.84. The molecule has 0 amide bonds. The highest BCUT2D eigenvalue weighted by Gasteiger charge is 2.23. The summed E-state index contributed by atoms with van der Waals surface area (Å²) in [4.78, 5) is 4.42. The van der Waals surface area contributed by atoms with E-state index < -0.39 is 0 Å². The van der Waals surface area contributed by atoms with Crippen molar-refractivity contribution in [1.29, 1.82) is 0 Å². The van der Waals surface area contributed by atoms with E-state index in [0.717, 1.165) is 24.0 Å². The number of fused-ring (bicyclic) bond motifs is 1. The first-order chi connectivity index (χ1) is 7.60. The Morgan fingerprint density at radius 3 is 2.62 bits per heavy atom. The van der Waals surface area contributed by atoms with Crippen LogP contribution in [0.3, 0.4) is 0 Å². The van der Waals surface area contributed by atoms with Crippen molar-refractivity contribution in [1.82, 2.24) is 9.55 Å². The van der Waals surface area contributed by atoms with Crippen molar-refractivity contribution >= 4 is 16.7 Å². The molecule has 0 spiro atoms. The number of anilines is 1. The topological polar surface area (TPSA) is 43.8 Å². The second-order valence-electron chi connectivity index (χ2n) is 4.57. The van der Waals surface area contributed by atoms with E-state index in [9.17, 15) is 0 Å². The van der Waals surface area contributed by atoms with E-state index in [1.165, 1.54) is 5.52 Å². The van der Waals surface area contributed by atoms with Crippen molar-refractivity contribution in [3.05, 3.63) is 24.5 Å². The molecular weight excluding hydrogens is 198 g/mol. The van der Waals surface area contributed by atoms with E-state index in [-0.39, 0.29) is 5.54 Å². The standard InChI is InChI=1S/C13H19N3/c1-4-13(3,5-2)16-9-15-11-8-10(14)6-7-12(11)16/h6-9H,4-5,14H2,1-3H3. The molecule has 0 unspecified atom stereocenters. The number of nitrogens with two attached hydrogens (primary N) is 1. The SMILES string of the molecule is CCC(C)(CC)n1cnc2cc(N)ccc21. The van der Waals surface area contributed by atoms with E-state index in [2.05, 4.69) is 36.4 Å². The molecule has 1 heterocycles. The summed E-state index contributed by atoms with van der Waals surface area (Å²) in [6, 6.07) is 5.92. The monoisotopic (exact) mass is 217 g/mol. The maximum Gasteiger partial charge on any atom is 0.0963 e. The van der Waals surface area contributed by atoms with Crippen molar-refractivity contribution in [3.8, 4) is 0 Å². The van der Waals surface area contributed by atoms with Crippen LogP contribution in [0.5, 0.6) is 0 Å². The summed E-state index contributed by atoms with van der Waals surface area (Å²) >= 11 is 0. The van der Waals surface area contributed by atoms with Crippen LogP contribution in [0.1, 0.15) is 33.6 Å². The molecular formula is C13H19N3. The minimum absolute atomic E-state index is 0.144. The van der Waals surface area contributed by atoms with Crippen LogP contribution < -0.4 is 5.73 Å². The van der Waals surface area contributed by atoms with Crippen LogP contribution in [0.4, 0.5) is 5.69 Å². The normalized spacial score (nSPS) is 12.2. The summed E-state index contributed by atoms with van der Waals surface area (Å²) < 4.78 is 2.27. The van der Waals surface area contributed by atoms with Gasteiger partial charge in [-0.2, -0.15) is 0 Å². The average molecular weight is 217 g/mol. The Kier molecular flexibility index (Phi) is 2.62. The molecule has 2 aromatic rings. The third-order valence-corrected chi connectivity index (χ3v) is 3.68. The van der Waals surface area contributed by atoms with Gasteiger partial charge in [-0.05, 0) is 38.0 Å². The largest absolute Gasteiger partial charge is 0.399 e. The molecule has 1 aromatic heterocycles. The summed E-state index contributed by atoms with van der Waals surface area (Å²) in [5, 5.41) is 0. The lowest BCUT2D eigenvalue weighted by atomic mass is 9.95. The molecule has 3 nitrogen and oxygen atoms in total. The fraction of sp³-hybridized carbons (Fsp3) is 0.462. The highest BCUT2D eigenvalue weighted by atomic mass is 15.1. The number of hydrogen-bond donors (Lipinski definition) is 1. The number of nitrogen functional groups attached to an aromatic ring is 1. The minimum atomic E-state index is 0.144. The summed E-state index contributed by atoms with van der Waals surface area (Å²) in [5.41, 5.74) is 8.82. The Labute approximate surface area is 96.3 Å². The smallest absolute Gasteiger partial charge is 0.0963 e. The van der Waals surface area contributed by atoms with Gasteiger partial charge in [0.15, 0.2) is 0 Å². The second kappa shape index (κ2) is 3.81. The predicted octanol–water partition coefficient (Wildman–Crippen LogP) is 3.15. The molecule has 0 saturated carbocycles. The molecule has 86 valence electrons. The number of benzene rings is 1. The van der Waals surface area contributed by atoms with Gasteiger partial charge in [0.05, 0.1) is 17.4 Å².